The molecule has 1 N–H and O–H groups in total. The van der Waals surface area contributed by atoms with Gasteiger partial charge in [-0.2, -0.15) is 0 Å². The molecule has 38 heavy (non-hydrogen) atoms. The molecule has 6 nitrogen and oxygen atoms in total. The van der Waals surface area contributed by atoms with Crippen LogP contribution in [0.2, 0.25) is 0 Å². The van der Waals surface area contributed by atoms with Crippen molar-refractivity contribution >= 4 is 11.8 Å². The Labute approximate surface area is 228 Å². The summed E-state index contributed by atoms with van der Waals surface area (Å²) in [5, 5.41) is 10.7. The third kappa shape index (κ3) is 9.13. The van der Waals surface area contributed by atoms with Gasteiger partial charge in [0.1, 0.15) is 12.2 Å². The van der Waals surface area contributed by atoms with Gasteiger partial charge in [0.05, 0.1) is 17.8 Å². The number of esters is 1. The molecule has 7 heteroatoms. The Morgan fingerprint density at radius 3 is 2.66 bits per heavy atom. The molecule has 9 atom stereocenters. The molecule has 2 rings (SSSR count). The monoisotopic (exact) mass is 536 g/mol. The number of hydrogen-bond acceptors (Lipinski definition) is 6. The number of rotatable bonds is 10. The number of allylic oxidation sites excluding steroid dienone is 3. The van der Waals surface area contributed by atoms with Crippen LogP contribution < -0.4 is 0 Å². The minimum Gasteiger partial charge on any atom is -0.457 e. The van der Waals surface area contributed by atoms with Crippen LogP contribution in [-0.4, -0.2) is 59.7 Å². The Kier molecular flexibility index (Phi) is 11.9. The Bertz CT molecular complexity index is 885. The number of cyclic esters (lactones) is 1. The van der Waals surface area contributed by atoms with Crippen molar-refractivity contribution in [2.24, 2.45) is 17.8 Å². The van der Waals surface area contributed by atoms with Gasteiger partial charge in [0.2, 0.25) is 5.78 Å². The first-order valence-corrected chi connectivity index (χ1v) is 14.1. The Hall–Kier alpha value is -1.83. The van der Waals surface area contributed by atoms with Crippen LogP contribution in [0.3, 0.4) is 0 Å². The summed E-state index contributed by atoms with van der Waals surface area (Å²) in [6.07, 6.45) is 10.4. The van der Waals surface area contributed by atoms with E-state index < -0.39 is 29.3 Å². The van der Waals surface area contributed by atoms with Crippen LogP contribution in [0.25, 0.3) is 0 Å². The molecule has 0 amide bonds. The molecule has 2 heterocycles. The second-order valence-corrected chi connectivity index (χ2v) is 11.7. The van der Waals surface area contributed by atoms with Crippen molar-refractivity contribution in [1.29, 1.82) is 0 Å². The molecule has 0 saturated carbocycles. The number of aliphatic hydroxyl groups is 1. The summed E-state index contributed by atoms with van der Waals surface area (Å²) in [6, 6.07) is 0. The van der Waals surface area contributed by atoms with E-state index >= 15 is 4.39 Å². The summed E-state index contributed by atoms with van der Waals surface area (Å²) in [6.45, 7) is 12.9. The number of Topliss-reactive ketones (excluding diaryl/α,β-unsaturated/α-hetero) is 1. The average molecular weight is 537 g/mol. The number of epoxide rings is 1. The molecule has 9 unspecified atom stereocenters. The molecule has 2 aliphatic heterocycles. The van der Waals surface area contributed by atoms with E-state index in [0.717, 1.165) is 24.8 Å². The number of carbonyl (C=O) groups excluding carboxylic acids is 2. The zero-order valence-electron chi connectivity index (χ0n) is 24.5. The predicted molar refractivity (Wildman–Crippen MR) is 147 cm³/mol. The molecule has 0 bridgehead atoms. The number of halogens is 1. The van der Waals surface area contributed by atoms with Crippen LogP contribution in [0.15, 0.2) is 36.0 Å². The van der Waals surface area contributed by atoms with Gasteiger partial charge in [-0.05, 0) is 64.0 Å². The maximum atomic E-state index is 15.4. The number of ketones is 1. The van der Waals surface area contributed by atoms with Gasteiger partial charge < -0.3 is 19.3 Å². The minimum absolute atomic E-state index is 0.0119. The van der Waals surface area contributed by atoms with E-state index in [1.165, 1.54) is 19.1 Å². The van der Waals surface area contributed by atoms with Gasteiger partial charge in [-0.3, -0.25) is 9.59 Å². The van der Waals surface area contributed by atoms with E-state index in [1.807, 2.05) is 53.7 Å². The summed E-state index contributed by atoms with van der Waals surface area (Å²) in [7, 11) is 1.63. The summed E-state index contributed by atoms with van der Waals surface area (Å²) in [5.41, 5.74) is -2.27. The van der Waals surface area contributed by atoms with Crippen molar-refractivity contribution in [3.63, 3.8) is 0 Å². The lowest BCUT2D eigenvalue weighted by molar-refractivity contribution is -0.150. The van der Waals surface area contributed by atoms with Crippen LogP contribution in [-0.2, 0) is 23.8 Å². The maximum absolute atomic E-state index is 15.4. The predicted octanol–water partition coefficient (Wildman–Crippen LogP) is 6.07. The minimum atomic E-state index is -2.20. The normalized spacial score (nSPS) is 34.5. The number of methoxy groups -OCH3 is 1. The zero-order chi connectivity index (χ0) is 28.7. The SMILES string of the molecule is CCC1CCC(C)(O)CC=CC(C)C(C(C)=CC=CC(C)(F)C(=O)C2OC2C(C)C(CC)OC)OC(=O)C1. The van der Waals surface area contributed by atoms with Crippen molar-refractivity contribution < 1.29 is 33.3 Å². The van der Waals surface area contributed by atoms with Crippen LogP contribution >= 0.6 is 0 Å². The zero-order valence-corrected chi connectivity index (χ0v) is 24.5. The number of alkyl halides is 1. The van der Waals surface area contributed by atoms with Crippen LogP contribution in [0.4, 0.5) is 4.39 Å². The largest absolute Gasteiger partial charge is 0.457 e. The third-order valence-electron chi connectivity index (χ3n) is 8.15. The van der Waals surface area contributed by atoms with Crippen LogP contribution in [0.5, 0.6) is 0 Å². The standard InChI is InChI=1S/C31H49FO6/c1-9-23-15-18-30(6,35)16-11-13-20(3)26(37-25(33)19-23)21(4)14-12-17-31(7,32)29(34)28-27(38-28)22(5)24(10-2)36-8/h11-14,17,20,22-24,26-28,35H,9-10,15-16,18-19H2,1-8H3. The molecule has 1 fully saturated rings. The Morgan fingerprint density at radius 2 is 2.05 bits per heavy atom. The van der Waals surface area contributed by atoms with Gasteiger partial charge in [0.25, 0.3) is 0 Å². The second-order valence-electron chi connectivity index (χ2n) is 11.7. The van der Waals surface area contributed by atoms with Gasteiger partial charge in [0.15, 0.2) is 5.67 Å². The molecular weight excluding hydrogens is 487 g/mol. The number of ether oxygens (including phenoxy) is 3. The summed E-state index contributed by atoms with van der Waals surface area (Å²) in [4.78, 5) is 25.6. The molecule has 216 valence electrons. The highest BCUT2D eigenvalue weighted by atomic mass is 19.1. The van der Waals surface area contributed by atoms with E-state index in [1.54, 1.807) is 13.2 Å². The molecule has 0 aromatic heterocycles. The van der Waals surface area contributed by atoms with E-state index in [2.05, 4.69) is 0 Å². The Balaban J connectivity index is 2.14. The highest BCUT2D eigenvalue weighted by molar-refractivity contribution is 5.95. The van der Waals surface area contributed by atoms with Gasteiger partial charge in [-0.1, -0.05) is 58.4 Å². The highest BCUT2D eigenvalue weighted by Gasteiger charge is 2.54. The molecule has 0 aromatic rings. The van der Waals surface area contributed by atoms with E-state index in [0.29, 0.717) is 19.3 Å². The smallest absolute Gasteiger partial charge is 0.306 e. The molecule has 2 aliphatic rings. The lowest BCUT2D eigenvalue weighted by Gasteiger charge is -2.28. The lowest BCUT2D eigenvalue weighted by atomic mass is 9.87. The molecule has 0 aromatic carbocycles. The van der Waals surface area contributed by atoms with Crippen LogP contribution in [0, 0.1) is 17.8 Å². The van der Waals surface area contributed by atoms with Crippen molar-refractivity contribution in [1.82, 2.24) is 0 Å². The molecule has 0 aliphatic carbocycles. The number of carbonyl (C=O) groups is 2. The maximum Gasteiger partial charge on any atom is 0.306 e. The molecule has 1 saturated heterocycles. The molecule has 0 radical (unpaired) electrons. The summed E-state index contributed by atoms with van der Waals surface area (Å²) < 4.78 is 32.3. The van der Waals surface area contributed by atoms with Gasteiger partial charge in [-0.25, -0.2) is 4.39 Å². The van der Waals surface area contributed by atoms with E-state index in [-0.39, 0.29) is 35.9 Å². The van der Waals surface area contributed by atoms with Gasteiger partial charge >= 0.3 is 5.97 Å². The third-order valence-corrected chi connectivity index (χ3v) is 8.15. The van der Waals surface area contributed by atoms with Gasteiger partial charge in [0, 0.05) is 25.4 Å². The fraction of sp³-hybridized carbons (Fsp3) is 0.742. The average Bonchev–Trinajstić information content (AvgIpc) is 3.65. The van der Waals surface area contributed by atoms with Gasteiger partial charge in [-0.15, -0.1) is 0 Å². The summed E-state index contributed by atoms with van der Waals surface area (Å²) >= 11 is 0. The number of hydrogen-bond donors (Lipinski definition) is 1. The second kappa shape index (κ2) is 14.0. The van der Waals surface area contributed by atoms with E-state index in [4.69, 9.17) is 14.2 Å². The van der Waals surface area contributed by atoms with Crippen molar-refractivity contribution in [2.45, 2.75) is 123 Å². The molecular formula is C31H49FO6. The first-order chi connectivity index (χ1) is 17.8. The Morgan fingerprint density at radius 1 is 1.37 bits per heavy atom. The lowest BCUT2D eigenvalue weighted by Crippen LogP contribution is -2.35. The fourth-order valence-corrected chi connectivity index (χ4v) is 5.28. The van der Waals surface area contributed by atoms with E-state index in [9.17, 15) is 14.7 Å². The van der Waals surface area contributed by atoms with Crippen molar-refractivity contribution in [3.8, 4) is 0 Å². The summed E-state index contributed by atoms with van der Waals surface area (Å²) in [5.74, 6) is -0.900. The van der Waals surface area contributed by atoms with Crippen LogP contribution in [0.1, 0.15) is 87.0 Å². The first kappa shape index (κ1) is 32.4. The quantitative estimate of drug-likeness (QED) is 0.158. The highest BCUT2D eigenvalue weighted by Crippen LogP contribution is 2.37. The first-order valence-electron chi connectivity index (χ1n) is 14.1. The molecule has 0 spiro atoms. The van der Waals surface area contributed by atoms with Crippen molar-refractivity contribution in [3.05, 3.63) is 36.0 Å². The van der Waals surface area contributed by atoms with Crippen molar-refractivity contribution in [2.75, 3.05) is 7.11 Å². The fourth-order valence-electron chi connectivity index (χ4n) is 5.28. The topological polar surface area (TPSA) is 85.4 Å².